The minimum Gasteiger partial charge on any atom is -0.453 e. The lowest BCUT2D eigenvalue weighted by Crippen LogP contribution is -2.29. The lowest BCUT2D eigenvalue weighted by Gasteiger charge is -2.32. The Morgan fingerprint density at radius 1 is 0.688 bits per heavy atom. The second-order valence-corrected chi connectivity index (χ2v) is 8.19. The quantitative estimate of drug-likeness (QED) is 0.279. The molecule has 0 N–H and O–H groups in total. The maximum absolute atomic E-state index is 14.1. The summed E-state index contributed by atoms with van der Waals surface area (Å²) in [6.45, 7) is 0. The molecule has 1 heterocycles. The van der Waals surface area contributed by atoms with E-state index in [0.717, 1.165) is 44.0 Å². The van der Waals surface area contributed by atoms with Gasteiger partial charge in [-0.1, -0.05) is 72.8 Å². The van der Waals surface area contributed by atoms with Crippen molar-refractivity contribution >= 4 is 51.0 Å². The van der Waals surface area contributed by atoms with Crippen LogP contribution in [0.15, 0.2) is 91.0 Å². The van der Waals surface area contributed by atoms with Gasteiger partial charge in [0, 0.05) is 10.9 Å². The van der Waals surface area contributed by atoms with E-state index in [0.29, 0.717) is 17.1 Å². The summed E-state index contributed by atoms with van der Waals surface area (Å²) in [5.74, 6) is 1.31. The van der Waals surface area contributed by atoms with Crippen LogP contribution in [0.5, 0.6) is 11.5 Å². The summed E-state index contributed by atoms with van der Waals surface area (Å²) in [4.78, 5) is 15.9. The zero-order valence-corrected chi connectivity index (χ0v) is 17.1. The summed E-state index contributed by atoms with van der Waals surface area (Å²) in [6.07, 6.45) is 4.23. The predicted molar refractivity (Wildman–Crippen MR) is 130 cm³/mol. The molecule has 1 aliphatic carbocycles. The molecule has 0 radical (unpaired) electrons. The van der Waals surface area contributed by atoms with Crippen LogP contribution < -0.4 is 9.64 Å². The summed E-state index contributed by atoms with van der Waals surface area (Å²) >= 11 is 0. The minimum atomic E-state index is -0.0700. The van der Waals surface area contributed by atoms with Gasteiger partial charge in [-0.2, -0.15) is 0 Å². The number of benzene rings is 5. The molecule has 0 saturated heterocycles. The van der Waals surface area contributed by atoms with Crippen molar-refractivity contribution < 1.29 is 9.53 Å². The minimum absolute atomic E-state index is 0.0700. The lowest BCUT2D eigenvalue weighted by atomic mass is 9.98. The maximum Gasteiger partial charge on any atom is 0.263 e. The van der Waals surface area contributed by atoms with Crippen LogP contribution in [0, 0.1) is 0 Å². The third-order valence-corrected chi connectivity index (χ3v) is 6.35. The van der Waals surface area contributed by atoms with E-state index in [9.17, 15) is 4.79 Å². The molecular weight excluding hydrogens is 394 g/mol. The molecule has 0 aromatic heterocycles. The molecule has 0 bridgehead atoms. The van der Waals surface area contributed by atoms with Crippen LogP contribution in [0.2, 0.25) is 0 Å². The molecule has 0 atom stereocenters. The molecule has 150 valence electrons. The van der Waals surface area contributed by atoms with Crippen molar-refractivity contribution in [1.82, 2.24) is 0 Å². The smallest absolute Gasteiger partial charge is 0.263 e. The van der Waals surface area contributed by atoms with Crippen LogP contribution in [-0.2, 0) is 0 Å². The highest BCUT2D eigenvalue weighted by Crippen LogP contribution is 2.52. The third-order valence-electron chi connectivity index (χ3n) is 6.35. The van der Waals surface area contributed by atoms with E-state index in [2.05, 4.69) is 30.4 Å². The van der Waals surface area contributed by atoms with Crippen LogP contribution >= 0.6 is 0 Å². The molecule has 5 aromatic carbocycles. The van der Waals surface area contributed by atoms with Gasteiger partial charge in [0.2, 0.25) is 0 Å². The number of carbonyl (C=O) groups excluding carboxylic acids is 1. The van der Waals surface area contributed by atoms with Gasteiger partial charge in [-0.25, -0.2) is 0 Å². The van der Waals surface area contributed by atoms with E-state index >= 15 is 0 Å². The van der Waals surface area contributed by atoms with Crippen molar-refractivity contribution in [2.45, 2.75) is 0 Å². The summed E-state index contributed by atoms with van der Waals surface area (Å²) in [7, 11) is 0. The van der Waals surface area contributed by atoms with Gasteiger partial charge in [0.15, 0.2) is 11.5 Å². The van der Waals surface area contributed by atoms with Gasteiger partial charge in [-0.05, 0) is 57.6 Å². The first-order valence-corrected chi connectivity index (χ1v) is 10.7. The molecule has 0 unspecified atom stereocenters. The Hall–Kier alpha value is -4.37. The fourth-order valence-electron chi connectivity index (χ4n) is 4.89. The Labute approximate surface area is 184 Å². The number of carbonyl (C=O) groups is 1. The second-order valence-electron chi connectivity index (χ2n) is 8.19. The predicted octanol–water partition coefficient (Wildman–Crippen LogP) is 7.56. The summed E-state index contributed by atoms with van der Waals surface area (Å²) in [5, 5.41) is 4.34. The van der Waals surface area contributed by atoms with E-state index in [1.54, 1.807) is 0 Å². The zero-order valence-electron chi connectivity index (χ0n) is 17.1. The van der Waals surface area contributed by atoms with E-state index < -0.39 is 0 Å². The molecule has 0 saturated carbocycles. The number of rotatable bonds is 1. The van der Waals surface area contributed by atoms with Crippen LogP contribution in [-0.4, -0.2) is 5.91 Å². The Balaban J connectivity index is 1.50. The van der Waals surface area contributed by atoms with Crippen molar-refractivity contribution in [2.24, 2.45) is 0 Å². The first kappa shape index (κ1) is 17.3. The SMILES string of the molecule is O=C(c1ccc2ccccc2c1)N1c2ccccc2Oc2cc3c4c(cccc4c21)C=C3. The Bertz CT molecular complexity index is 1630. The van der Waals surface area contributed by atoms with E-state index in [1.807, 2.05) is 77.7 Å². The summed E-state index contributed by atoms with van der Waals surface area (Å²) in [5.41, 5.74) is 4.48. The average molecular weight is 411 g/mol. The number of hydrogen-bond acceptors (Lipinski definition) is 2. The molecule has 0 spiro atoms. The molecule has 32 heavy (non-hydrogen) atoms. The van der Waals surface area contributed by atoms with Crippen LogP contribution in [0.3, 0.4) is 0 Å². The monoisotopic (exact) mass is 411 g/mol. The van der Waals surface area contributed by atoms with Crippen LogP contribution in [0.4, 0.5) is 11.4 Å². The highest BCUT2D eigenvalue weighted by Gasteiger charge is 2.33. The van der Waals surface area contributed by atoms with Crippen molar-refractivity contribution in [1.29, 1.82) is 0 Å². The topological polar surface area (TPSA) is 29.5 Å². The van der Waals surface area contributed by atoms with Gasteiger partial charge in [0.1, 0.15) is 0 Å². The van der Waals surface area contributed by atoms with Gasteiger partial charge < -0.3 is 4.74 Å². The van der Waals surface area contributed by atoms with E-state index in [-0.39, 0.29) is 5.91 Å². The maximum atomic E-state index is 14.1. The molecule has 7 rings (SSSR count). The highest BCUT2D eigenvalue weighted by atomic mass is 16.5. The number of para-hydroxylation sites is 2. The van der Waals surface area contributed by atoms with Crippen molar-refractivity contribution in [3.05, 3.63) is 108 Å². The van der Waals surface area contributed by atoms with Crippen molar-refractivity contribution in [3.8, 4) is 11.5 Å². The highest BCUT2D eigenvalue weighted by molar-refractivity contribution is 6.21. The number of amides is 1. The number of hydrogen-bond donors (Lipinski definition) is 0. The molecular formula is C29H17NO2. The Morgan fingerprint density at radius 2 is 1.50 bits per heavy atom. The number of ether oxygens (including phenoxy) is 1. The van der Waals surface area contributed by atoms with Gasteiger partial charge in [0.25, 0.3) is 5.91 Å². The van der Waals surface area contributed by atoms with Crippen molar-refractivity contribution in [2.75, 3.05) is 4.90 Å². The zero-order chi connectivity index (χ0) is 21.2. The number of fused-ring (bicyclic) bond motifs is 4. The van der Waals surface area contributed by atoms with E-state index in [1.165, 1.54) is 0 Å². The second kappa shape index (κ2) is 6.32. The van der Waals surface area contributed by atoms with Gasteiger partial charge >= 0.3 is 0 Å². The van der Waals surface area contributed by atoms with E-state index in [4.69, 9.17) is 4.74 Å². The molecule has 3 nitrogen and oxygen atoms in total. The molecule has 1 aliphatic heterocycles. The van der Waals surface area contributed by atoms with Crippen LogP contribution in [0.25, 0.3) is 33.7 Å². The lowest BCUT2D eigenvalue weighted by molar-refractivity contribution is 0.0997. The molecule has 0 fully saturated rings. The summed E-state index contributed by atoms with van der Waals surface area (Å²) < 4.78 is 6.31. The molecule has 1 amide bonds. The first-order valence-electron chi connectivity index (χ1n) is 10.7. The normalized spacial score (nSPS) is 13.2. The Morgan fingerprint density at radius 3 is 2.44 bits per heavy atom. The average Bonchev–Trinajstić information content (AvgIpc) is 3.26. The molecule has 3 heteroatoms. The largest absolute Gasteiger partial charge is 0.453 e. The third kappa shape index (κ3) is 2.33. The number of nitrogens with zero attached hydrogens (tertiary/aromatic N) is 1. The standard InChI is InChI=1S/C29H17NO2/c31-29(22-15-12-18-6-1-2-7-20(18)16-22)30-24-10-3-4-11-25(24)32-26-17-21-14-13-19-8-5-9-23(27(19)21)28(26)30/h1-17H. The van der Waals surface area contributed by atoms with Crippen LogP contribution in [0.1, 0.15) is 21.5 Å². The first-order chi connectivity index (χ1) is 15.8. The molecule has 5 aromatic rings. The van der Waals surface area contributed by atoms with Gasteiger partial charge in [0.05, 0.1) is 11.4 Å². The fourth-order valence-corrected chi connectivity index (χ4v) is 4.89. The van der Waals surface area contributed by atoms with Gasteiger partial charge in [-0.3, -0.25) is 9.69 Å². The number of anilines is 2. The fraction of sp³-hybridized carbons (Fsp3) is 0. The molecule has 2 aliphatic rings. The Kier molecular flexibility index (Phi) is 3.42. The van der Waals surface area contributed by atoms with Crippen molar-refractivity contribution in [3.63, 3.8) is 0 Å². The van der Waals surface area contributed by atoms with Gasteiger partial charge in [-0.15, -0.1) is 0 Å². The summed E-state index contributed by atoms with van der Waals surface area (Å²) in [6, 6.07) is 30.0.